The Morgan fingerprint density at radius 1 is 1.16 bits per heavy atom. The number of pyridine rings is 1. The van der Waals surface area contributed by atoms with E-state index < -0.39 is 15.1 Å². The van der Waals surface area contributed by atoms with Crippen molar-refractivity contribution in [3.05, 3.63) is 70.5 Å². The summed E-state index contributed by atoms with van der Waals surface area (Å²) in [6.07, 6.45) is 1.94. The van der Waals surface area contributed by atoms with E-state index in [1.165, 1.54) is 19.2 Å². The third-order valence-electron chi connectivity index (χ3n) is 3.75. The molecule has 25 heavy (non-hydrogen) atoms. The summed E-state index contributed by atoms with van der Waals surface area (Å²) >= 11 is 5.86. The SMILES string of the molecule is Cc1ccc(S(=O)(=O)C(C)c2nc(Cc3ccc(Cl)cc3)no2)nc1. The third-order valence-corrected chi connectivity index (χ3v) is 5.96. The summed E-state index contributed by atoms with van der Waals surface area (Å²) in [7, 11) is -3.70. The molecule has 2 aromatic heterocycles. The Bertz CT molecular complexity index is 967. The second-order valence-electron chi connectivity index (χ2n) is 5.71. The van der Waals surface area contributed by atoms with Gasteiger partial charge in [0.25, 0.3) is 0 Å². The smallest absolute Gasteiger partial charge is 0.245 e. The van der Waals surface area contributed by atoms with Crippen LogP contribution >= 0.6 is 11.6 Å². The zero-order valence-electron chi connectivity index (χ0n) is 13.7. The van der Waals surface area contributed by atoms with E-state index in [1.807, 2.05) is 19.1 Å². The Balaban J connectivity index is 1.81. The summed E-state index contributed by atoms with van der Waals surface area (Å²) in [6, 6.07) is 10.4. The summed E-state index contributed by atoms with van der Waals surface area (Å²) in [5.74, 6) is 0.461. The van der Waals surface area contributed by atoms with Gasteiger partial charge in [0.2, 0.25) is 15.7 Å². The Labute approximate surface area is 150 Å². The molecule has 1 aromatic carbocycles. The van der Waals surface area contributed by atoms with Crippen LogP contribution in [0.1, 0.15) is 35.0 Å². The molecule has 6 nitrogen and oxygen atoms in total. The van der Waals surface area contributed by atoms with Crippen molar-refractivity contribution in [1.29, 1.82) is 0 Å². The molecule has 0 aliphatic rings. The van der Waals surface area contributed by atoms with Gasteiger partial charge < -0.3 is 4.52 Å². The third kappa shape index (κ3) is 3.88. The van der Waals surface area contributed by atoms with E-state index in [2.05, 4.69) is 15.1 Å². The molecule has 130 valence electrons. The number of halogens is 1. The first-order valence-corrected chi connectivity index (χ1v) is 9.52. The van der Waals surface area contributed by atoms with E-state index in [0.717, 1.165) is 11.1 Å². The number of aromatic nitrogens is 3. The Morgan fingerprint density at radius 3 is 2.52 bits per heavy atom. The summed E-state index contributed by atoms with van der Waals surface area (Å²) in [4.78, 5) is 8.21. The summed E-state index contributed by atoms with van der Waals surface area (Å²) < 4.78 is 30.4. The van der Waals surface area contributed by atoms with Gasteiger partial charge in [0.1, 0.15) is 5.25 Å². The molecule has 1 unspecified atom stereocenters. The van der Waals surface area contributed by atoms with Crippen molar-refractivity contribution < 1.29 is 12.9 Å². The molecule has 2 heterocycles. The van der Waals surface area contributed by atoms with E-state index in [-0.39, 0.29) is 10.9 Å². The zero-order valence-corrected chi connectivity index (χ0v) is 15.3. The lowest BCUT2D eigenvalue weighted by Crippen LogP contribution is -2.12. The number of nitrogens with zero attached hydrogens (tertiary/aromatic N) is 3. The van der Waals surface area contributed by atoms with Crippen LogP contribution in [0, 0.1) is 6.92 Å². The van der Waals surface area contributed by atoms with Crippen LogP contribution in [0.2, 0.25) is 5.02 Å². The highest BCUT2D eigenvalue weighted by molar-refractivity contribution is 7.91. The van der Waals surface area contributed by atoms with Gasteiger partial charge in [-0.15, -0.1) is 0 Å². The molecule has 0 aliphatic carbocycles. The zero-order chi connectivity index (χ0) is 18.0. The topological polar surface area (TPSA) is 86.0 Å². The lowest BCUT2D eigenvalue weighted by atomic mass is 10.1. The molecular formula is C17H16ClN3O3S. The normalized spacial score (nSPS) is 12.9. The number of hydrogen-bond donors (Lipinski definition) is 0. The summed E-state index contributed by atoms with van der Waals surface area (Å²) in [5, 5.41) is 3.53. The molecule has 0 aliphatic heterocycles. The average Bonchev–Trinajstić information content (AvgIpc) is 3.05. The standard InChI is InChI=1S/C17H16ClN3O3S/c1-11-3-8-16(19-10-11)25(22,23)12(2)17-20-15(21-24-17)9-13-4-6-14(18)7-5-13/h3-8,10,12H,9H2,1-2H3. The highest BCUT2D eigenvalue weighted by atomic mass is 35.5. The lowest BCUT2D eigenvalue weighted by molar-refractivity contribution is 0.371. The fourth-order valence-electron chi connectivity index (χ4n) is 2.23. The van der Waals surface area contributed by atoms with Crippen molar-refractivity contribution in [1.82, 2.24) is 15.1 Å². The summed E-state index contributed by atoms with van der Waals surface area (Å²) in [6.45, 7) is 3.35. The molecular weight excluding hydrogens is 362 g/mol. The van der Waals surface area contributed by atoms with Crippen LogP contribution in [0.3, 0.4) is 0 Å². The van der Waals surface area contributed by atoms with Crippen LogP contribution in [0.5, 0.6) is 0 Å². The Morgan fingerprint density at radius 2 is 1.88 bits per heavy atom. The number of hydrogen-bond acceptors (Lipinski definition) is 6. The van der Waals surface area contributed by atoms with Gasteiger partial charge in [-0.3, -0.25) is 0 Å². The molecule has 3 rings (SSSR count). The second kappa shape index (κ2) is 6.93. The van der Waals surface area contributed by atoms with E-state index in [1.54, 1.807) is 18.2 Å². The molecule has 0 spiro atoms. The van der Waals surface area contributed by atoms with E-state index in [4.69, 9.17) is 16.1 Å². The fourth-order valence-corrected chi connectivity index (χ4v) is 3.53. The number of sulfone groups is 1. The Hall–Kier alpha value is -2.25. The first-order chi connectivity index (χ1) is 11.9. The first kappa shape index (κ1) is 17.6. The lowest BCUT2D eigenvalue weighted by Gasteiger charge is -2.08. The van der Waals surface area contributed by atoms with Crippen LogP contribution in [-0.4, -0.2) is 23.5 Å². The Kier molecular flexibility index (Phi) is 4.87. The van der Waals surface area contributed by atoms with Gasteiger partial charge in [0.05, 0.1) is 0 Å². The molecule has 0 saturated carbocycles. The van der Waals surface area contributed by atoms with Gasteiger partial charge in [0.15, 0.2) is 10.9 Å². The minimum Gasteiger partial charge on any atom is -0.338 e. The quantitative estimate of drug-likeness (QED) is 0.675. The predicted octanol–water partition coefficient (Wildman–Crippen LogP) is 3.55. The van der Waals surface area contributed by atoms with E-state index >= 15 is 0 Å². The van der Waals surface area contributed by atoms with E-state index in [9.17, 15) is 8.42 Å². The van der Waals surface area contributed by atoms with Gasteiger partial charge >= 0.3 is 0 Å². The molecule has 0 fully saturated rings. The number of aryl methyl sites for hydroxylation is 1. The molecule has 0 radical (unpaired) electrons. The van der Waals surface area contributed by atoms with Crippen molar-refractivity contribution in [3.63, 3.8) is 0 Å². The van der Waals surface area contributed by atoms with Crippen molar-refractivity contribution >= 4 is 21.4 Å². The molecule has 8 heteroatoms. The molecule has 0 N–H and O–H groups in total. The maximum Gasteiger partial charge on any atom is 0.245 e. The minimum absolute atomic E-state index is 0.0111. The highest BCUT2D eigenvalue weighted by Gasteiger charge is 2.30. The van der Waals surface area contributed by atoms with Crippen molar-refractivity contribution in [2.24, 2.45) is 0 Å². The number of benzene rings is 1. The predicted molar refractivity (Wildman–Crippen MR) is 93.1 cm³/mol. The van der Waals surface area contributed by atoms with Crippen LogP contribution in [0.25, 0.3) is 0 Å². The van der Waals surface area contributed by atoms with Crippen LogP contribution in [-0.2, 0) is 16.3 Å². The van der Waals surface area contributed by atoms with Crippen molar-refractivity contribution in [2.75, 3.05) is 0 Å². The fraction of sp³-hybridized carbons (Fsp3) is 0.235. The highest BCUT2D eigenvalue weighted by Crippen LogP contribution is 2.26. The molecule has 3 aromatic rings. The van der Waals surface area contributed by atoms with Gasteiger partial charge in [-0.05, 0) is 43.2 Å². The largest absolute Gasteiger partial charge is 0.338 e. The molecule has 1 atom stereocenters. The first-order valence-electron chi connectivity index (χ1n) is 7.60. The van der Waals surface area contributed by atoms with Gasteiger partial charge in [0, 0.05) is 17.6 Å². The maximum absolute atomic E-state index is 12.6. The van der Waals surface area contributed by atoms with E-state index in [0.29, 0.717) is 17.3 Å². The maximum atomic E-state index is 12.6. The molecule has 0 bridgehead atoms. The second-order valence-corrected chi connectivity index (χ2v) is 8.36. The van der Waals surface area contributed by atoms with Crippen LogP contribution in [0.4, 0.5) is 0 Å². The monoisotopic (exact) mass is 377 g/mol. The van der Waals surface area contributed by atoms with Crippen molar-refractivity contribution in [3.8, 4) is 0 Å². The van der Waals surface area contributed by atoms with Crippen LogP contribution < -0.4 is 0 Å². The van der Waals surface area contributed by atoms with Gasteiger partial charge in [-0.25, -0.2) is 13.4 Å². The van der Waals surface area contributed by atoms with Crippen LogP contribution in [0.15, 0.2) is 52.1 Å². The van der Waals surface area contributed by atoms with Gasteiger partial charge in [-0.2, -0.15) is 4.98 Å². The van der Waals surface area contributed by atoms with Crippen molar-refractivity contribution in [2.45, 2.75) is 30.5 Å². The number of rotatable bonds is 5. The average molecular weight is 378 g/mol. The minimum atomic E-state index is -3.70. The van der Waals surface area contributed by atoms with Gasteiger partial charge in [-0.1, -0.05) is 35.0 Å². The molecule has 0 amide bonds. The summed E-state index contributed by atoms with van der Waals surface area (Å²) in [5.41, 5.74) is 1.84. The molecule has 0 saturated heterocycles.